The van der Waals surface area contributed by atoms with Gasteiger partial charge in [0.15, 0.2) is 6.54 Å². The van der Waals surface area contributed by atoms with Crippen LogP contribution in [0.15, 0.2) is 54.6 Å². The number of amides is 1. The van der Waals surface area contributed by atoms with Gasteiger partial charge >= 0.3 is 0 Å². The Bertz CT molecular complexity index is 887. The summed E-state index contributed by atoms with van der Waals surface area (Å²) < 4.78 is 1.28. The fraction of sp³-hybridized carbons (Fsp3) is 0.391. The third kappa shape index (κ3) is 5.81. The van der Waals surface area contributed by atoms with Crippen molar-refractivity contribution in [1.82, 2.24) is 10.3 Å². The molecule has 0 bridgehead atoms. The minimum atomic E-state index is 0.179. The lowest BCUT2D eigenvalue weighted by atomic mass is 9.97. The molecule has 0 unspecified atom stereocenters. The Morgan fingerprint density at radius 3 is 2.66 bits per heavy atom. The van der Waals surface area contributed by atoms with Gasteiger partial charge in [0.25, 0.3) is 5.91 Å². The van der Waals surface area contributed by atoms with Crippen LogP contribution >= 0.6 is 23.1 Å². The van der Waals surface area contributed by atoms with Gasteiger partial charge in [-0.05, 0) is 17.7 Å². The number of rotatable bonds is 8. The van der Waals surface area contributed by atoms with Crippen molar-refractivity contribution in [2.75, 3.05) is 31.9 Å². The number of hydrogen-bond acceptors (Lipinski definition) is 4. The topological polar surface area (TPSA) is 46.4 Å². The second kappa shape index (κ2) is 10.2. The van der Waals surface area contributed by atoms with Crippen molar-refractivity contribution in [2.24, 2.45) is 0 Å². The molecule has 3 aromatic rings. The molecule has 1 aromatic heterocycles. The van der Waals surface area contributed by atoms with Gasteiger partial charge in [-0.25, -0.2) is 4.98 Å². The quantitative estimate of drug-likeness (QED) is 0.544. The van der Waals surface area contributed by atoms with Crippen LogP contribution in [0, 0.1) is 0 Å². The van der Waals surface area contributed by atoms with E-state index in [2.05, 4.69) is 53.8 Å². The predicted molar refractivity (Wildman–Crippen MR) is 123 cm³/mol. The third-order valence-electron chi connectivity index (χ3n) is 5.44. The molecule has 0 spiro atoms. The lowest BCUT2D eigenvalue weighted by molar-refractivity contribution is -0.897. The second-order valence-corrected chi connectivity index (χ2v) is 9.78. The van der Waals surface area contributed by atoms with E-state index in [0.29, 0.717) is 12.5 Å². The van der Waals surface area contributed by atoms with Gasteiger partial charge < -0.3 is 10.2 Å². The van der Waals surface area contributed by atoms with Gasteiger partial charge in [0, 0.05) is 36.8 Å². The molecule has 0 atom stereocenters. The zero-order chi connectivity index (χ0) is 19.9. The maximum absolute atomic E-state index is 12.3. The number of hydrogen-bond donors (Lipinski definition) is 2. The molecule has 29 heavy (non-hydrogen) atoms. The Balaban J connectivity index is 1.13. The molecule has 1 fully saturated rings. The number of carbonyl (C=O) groups excluding carboxylic acids is 1. The first-order valence-electron chi connectivity index (χ1n) is 10.4. The van der Waals surface area contributed by atoms with E-state index in [1.54, 1.807) is 0 Å². The van der Waals surface area contributed by atoms with E-state index in [-0.39, 0.29) is 5.91 Å². The lowest BCUT2D eigenvalue weighted by Gasteiger charge is -2.27. The van der Waals surface area contributed by atoms with Crippen molar-refractivity contribution in [2.45, 2.75) is 24.5 Å². The number of nitrogens with one attached hydrogen (secondary N) is 2. The monoisotopic (exact) mass is 426 g/mol. The maximum Gasteiger partial charge on any atom is 0.275 e. The van der Waals surface area contributed by atoms with Crippen LogP contribution < -0.4 is 10.2 Å². The summed E-state index contributed by atoms with van der Waals surface area (Å²) in [5, 5.41) is 4.35. The molecular formula is C23H28N3OS2+. The van der Waals surface area contributed by atoms with Gasteiger partial charge in [-0.2, -0.15) is 11.8 Å². The maximum atomic E-state index is 12.3. The minimum absolute atomic E-state index is 0.179. The van der Waals surface area contributed by atoms with E-state index in [0.717, 1.165) is 49.5 Å². The molecule has 1 saturated heterocycles. The molecule has 4 rings (SSSR count). The second-order valence-electron chi connectivity index (χ2n) is 7.61. The number of quaternary nitrogens is 1. The van der Waals surface area contributed by atoms with Crippen LogP contribution in [0.2, 0.25) is 0 Å². The van der Waals surface area contributed by atoms with Crippen molar-refractivity contribution >= 4 is 39.2 Å². The molecule has 0 radical (unpaired) electrons. The standard InChI is InChI=1S/C23H27N3OS2/c27-22(24-12-15-28-17-18-6-2-1-3-7-18)16-26-13-10-19(11-14-26)23-25-20-8-4-5-9-21(20)29-23/h1-9,19H,10-17H2,(H,24,27)/p+1. The fourth-order valence-electron chi connectivity index (χ4n) is 3.83. The number of nitrogens with zero attached hydrogens (tertiary/aromatic N) is 1. The molecule has 1 aliphatic heterocycles. The summed E-state index contributed by atoms with van der Waals surface area (Å²) in [5.74, 6) is 2.68. The molecule has 152 valence electrons. The van der Waals surface area contributed by atoms with Crippen LogP contribution in [0.5, 0.6) is 0 Å². The SMILES string of the molecule is O=C(C[NH+]1CCC(c2nc3ccccc3s2)CC1)NCCSCc1ccccc1. The van der Waals surface area contributed by atoms with Crippen LogP contribution in [0.25, 0.3) is 10.2 Å². The van der Waals surface area contributed by atoms with Crippen LogP contribution in [0.4, 0.5) is 0 Å². The molecule has 2 aromatic carbocycles. The number of carbonyl (C=O) groups is 1. The van der Waals surface area contributed by atoms with E-state index in [9.17, 15) is 4.79 Å². The highest BCUT2D eigenvalue weighted by Crippen LogP contribution is 2.31. The zero-order valence-electron chi connectivity index (χ0n) is 16.6. The van der Waals surface area contributed by atoms with E-state index in [4.69, 9.17) is 4.98 Å². The summed E-state index contributed by atoms with van der Waals surface area (Å²) in [5.41, 5.74) is 2.45. The molecule has 0 aliphatic carbocycles. The molecular weight excluding hydrogens is 398 g/mol. The highest BCUT2D eigenvalue weighted by molar-refractivity contribution is 7.98. The van der Waals surface area contributed by atoms with Crippen molar-refractivity contribution in [3.05, 3.63) is 65.2 Å². The van der Waals surface area contributed by atoms with Crippen LogP contribution in [-0.4, -0.2) is 42.8 Å². The molecule has 2 heterocycles. The Labute approximate surface area is 180 Å². The highest BCUT2D eigenvalue weighted by Gasteiger charge is 2.26. The smallest absolute Gasteiger partial charge is 0.275 e. The molecule has 4 nitrogen and oxygen atoms in total. The first-order valence-corrected chi connectivity index (χ1v) is 12.3. The van der Waals surface area contributed by atoms with Gasteiger partial charge in [0.2, 0.25) is 0 Å². The molecule has 6 heteroatoms. The van der Waals surface area contributed by atoms with Gasteiger partial charge in [-0.3, -0.25) is 4.79 Å². The van der Waals surface area contributed by atoms with Crippen molar-refractivity contribution in [3.8, 4) is 0 Å². The van der Waals surface area contributed by atoms with Crippen LogP contribution in [-0.2, 0) is 10.5 Å². The molecule has 1 aliphatic rings. The Morgan fingerprint density at radius 2 is 1.86 bits per heavy atom. The first-order chi connectivity index (χ1) is 14.3. The van der Waals surface area contributed by atoms with E-state index in [1.807, 2.05) is 29.2 Å². The zero-order valence-corrected chi connectivity index (χ0v) is 18.2. The molecule has 2 N–H and O–H groups in total. The van der Waals surface area contributed by atoms with Gasteiger partial charge in [-0.15, -0.1) is 11.3 Å². The average Bonchev–Trinajstić information content (AvgIpc) is 3.19. The Kier molecular flexibility index (Phi) is 7.19. The Hall–Kier alpha value is -1.89. The summed E-state index contributed by atoms with van der Waals surface area (Å²) in [6, 6.07) is 18.9. The number of fused-ring (bicyclic) bond motifs is 1. The van der Waals surface area contributed by atoms with Gasteiger partial charge in [-0.1, -0.05) is 42.5 Å². The highest BCUT2D eigenvalue weighted by atomic mass is 32.2. The van der Waals surface area contributed by atoms with Crippen molar-refractivity contribution < 1.29 is 9.69 Å². The first kappa shape index (κ1) is 20.4. The predicted octanol–water partition coefficient (Wildman–Crippen LogP) is 3.11. The summed E-state index contributed by atoms with van der Waals surface area (Å²) in [6.45, 7) is 3.45. The van der Waals surface area contributed by atoms with Crippen molar-refractivity contribution in [3.63, 3.8) is 0 Å². The third-order valence-corrected chi connectivity index (χ3v) is 7.67. The summed E-state index contributed by atoms with van der Waals surface area (Å²) in [6.07, 6.45) is 2.24. The molecule has 0 saturated carbocycles. The number of aromatic nitrogens is 1. The summed E-state index contributed by atoms with van der Waals surface area (Å²) in [4.78, 5) is 18.5. The number of thiazole rings is 1. The summed E-state index contributed by atoms with van der Waals surface area (Å²) in [7, 11) is 0. The minimum Gasteiger partial charge on any atom is -0.350 e. The van der Waals surface area contributed by atoms with Crippen LogP contribution in [0.3, 0.4) is 0 Å². The number of likely N-dealkylation sites (tertiary alicyclic amines) is 1. The van der Waals surface area contributed by atoms with Gasteiger partial charge in [0.1, 0.15) is 0 Å². The Morgan fingerprint density at radius 1 is 1.10 bits per heavy atom. The molecule has 1 amide bonds. The number of thioether (sulfide) groups is 1. The van der Waals surface area contributed by atoms with E-state index >= 15 is 0 Å². The summed E-state index contributed by atoms with van der Waals surface area (Å²) >= 11 is 3.70. The van der Waals surface area contributed by atoms with E-state index < -0.39 is 0 Å². The normalized spacial score (nSPS) is 19.3. The largest absolute Gasteiger partial charge is 0.350 e. The lowest BCUT2D eigenvalue weighted by Crippen LogP contribution is -3.14. The number of benzene rings is 2. The number of para-hydroxylation sites is 1. The van der Waals surface area contributed by atoms with Crippen molar-refractivity contribution in [1.29, 1.82) is 0 Å². The number of piperidine rings is 1. The van der Waals surface area contributed by atoms with Crippen LogP contribution in [0.1, 0.15) is 29.3 Å². The fourth-order valence-corrected chi connectivity index (χ4v) is 5.79. The average molecular weight is 427 g/mol. The van der Waals surface area contributed by atoms with Gasteiger partial charge in [0.05, 0.1) is 28.3 Å². The van der Waals surface area contributed by atoms with E-state index in [1.165, 1.54) is 20.2 Å².